The van der Waals surface area contributed by atoms with Gasteiger partial charge in [0, 0.05) is 18.7 Å². The standard InChI is InChI=1S/C10H13ClN4O3S2/c11-7-2-1-6(9(12)19)5-8(7)20(17,18)15-4-3-14-10(13)16/h1-2,5,15H,3-4H2,(H2,12,19)(H3,13,14,16). The first-order chi connectivity index (χ1) is 9.24. The fourth-order valence-corrected chi connectivity index (χ4v) is 2.99. The lowest BCUT2D eigenvalue weighted by Gasteiger charge is -2.10. The van der Waals surface area contributed by atoms with Crippen LogP contribution in [0.15, 0.2) is 23.1 Å². The molecule has 1 aromatic rings. The highest BCUT2D eigenvalue weighted by Gasteiger charge is 2.18. The van der Waals surface area contributed by atoms with Gasteiger partial charge in [0.15, 0.2) is 0 Å². The second-order valence-corrected chi connectivity index (χ2v) is 6.28. The number of carbonyl (C=O) groups is 1. The summed E-state index contributed by atoms with van der Waals surface area (Å²) in [5.41, 5.74) is 10.7. The normalized spacial score (nSPS) is 11.1. The zero-order chi connectivity index (χ0) is 15.3. The summed E-state index contributed by atoms with van der Waals surface area (Å²) in [6.07, 6.45) is 0. The molecule has 0 spiro atoms. The van der Waals surface area contributed by atoms with E-state index in [1.165, 1.54) is 18.2 Å². The van der Waals surface area contributed by atoms with Crippen LogP contribution in [0.5, 0.6) is 0 Å². The predicted molar refractivity (Wildman–Crippen MR) is 80.1 cm³/mol. The lowest BCUT2D eigenvalue weighted by molar-refractivity contribution is 0.249. The number of nitrogens with one attached hydrogen (secondary N) is 2. The third-order valence-corrected chi connectivity index (χ3v) is 4.40. The van der Waals surface area contributed by atoms with E-state index in [4.69, 9.17) is 35.3 Å². The second-order valence-electron chi connectivity index (χ2n) is 3.70. The Morgan fingerprint density at radius 3 is 2.50 bits per heavy atom. The first-order valence-corrected chi connectivity index (χ1v) is 7.63. The van der Waals surface area contributed by atoms with Gasteiger partial charge in [-0.05, 0) is 12.1 Å². The summed E-state index contributed by atoms with van der Waals surface area (Å²) in [7, 11) is -3.83. The molecule has 0 saturated carbocycles. The number of amides is 2. The molecule has 0 fully saturated rings. The molecule has 6 N–H and O–H groups in total. The molecule has 7 nitrogen and oxygen atoms in total. The Morgan fingerprint density at radius 1 is 1.30 bits per heavy atom. The maximum atomic E-state index is 12.0. The SMILES string of the molecule is NC(=O)NCCNS(=O)(=O)c1cc(C(N)=S)ccc1Cl. The molecule has 0 heterocycles. The Morgan fingerprint density at radius 2 is 1.95 bits per heavy atom. The van der Waals surface area contributed by atoms with Gasteiger partial charge in [-0.15, -0.1) is 0 Å². The fraction of sp³-hybridized carbons (Fsp3) is 0.200. The van der Waals surface area contributed by atoms with Gasteiger partial charge < -0.3 is 16.8 Å². The van der Waals surface area contributed by atoms with Gasteiger partial charge >= 0.3 is 6.03 Å². The molecule has 0 saturated heterocycles. The molecule has 2 amide bonds. The highest BCUT2D eigenvalue weighted by Crippen LogP contribution is 2.22. The number of carbonyl (C=O) groups excluding carboxylic acids is 1. The zero-order valence-corrected chi connectivity index (χ0v) is 12.6. The topological polar surface area (TPSA) is 127 Å². The summed E-state index contributed by atoms with van der Waals surface area (Å²) < 4.78 is 26.4. The van der Waals surface area contributed by atoms with Crippen molar-refractivity contribution in [3.8, 4) is 0 Å². The quantitative estimate of drug-likeness (QED) is 0.427. The van der Waals surface area contributed by atoms with Crippen LogP contribution < -0.4 is 21.5 Å². The van der Waals surface area contributed by atoms with Crippen LogP contribution in [-0.4, -0.2) is 32.5 Å². The third kappa shape index (κ3) is 4.60. The smallest absolute Gasteiger partial charge is 0.312 e. The van der Waals surface area contributed by atoms with Gasteiger partial charge in [-0.2, -0.15) is 0 Å². The number of hydrogen-bond acceptors (Lipinski definition) is 4. The van der Waals surface area contributed by atoms with Crippen molar-refractivity contribution in [2.45, 2.75) is 4.90 Å². The van der Waals surface area contributed by atoms with Crippen LogP contribution in [0, 0.1) is 0 Å². The van der Waals surface area contributed by atoms with Crippen LogP contribution in [0.2, 0.25) is 5.02 Å². The molecule has 20 heavy (non-hydrogen) atoms. The summed E-state index contributed by atoms with van der Waals surface area (Å²) in [6, 6.07) is 3.47. The van der Waals surface area contributed by atoms with Crippen LogP contribution in [0.3, 0.4) is 0 Å². The van der Waals surface area contributed by atoms with Crippen LogP contribution >= 0.6 is 23.8 Å². The minimum atomic E-state index is -3.83. The molecule has 0 aliphatic carbocycles. The van der Waals surface area contributed by atoms with E-state index in [1.807, 2.05) is 0 Å². The second kappa shape index (κ2) is 6.84. The molecule has 0 atom stereocenters. The van der Waals surface area contributed by atoms with Gasteiger partial charge in [-0.25, -0.2) is 17.9 Å². The maximum Gasteiger partial charge on any atom is 0.312 e. The minimum absolute atomic E-state index is 0.0289. The number of thiocarbonyl (C=S) groups is 1. The van der Waals surface area contributed by atoms with Gasteiger partial charge in [-0.3, -0.25) is 0 Å². The average molecular weight is 337 g/mol. The Bertz CT molecular complexity index is 633. The van der Waals surface area contributed by atoms with E-state index >= 15 is 0 Å². The van der Waals surface area contributed by atoms with Crippen molar-refractivity contribution >= 4 is 44.9 Å². The van der Waals surface area contributed by atoms with Crippen molar-refractivity contribution in [1.82, 2.24) is 10.0 Å². The molecule has 1 aromatic carbocycles. The number of hydrogen-bond donors (Lipinski definition) is 4. The van der Waals surface area contributed by atoms with E-state index < -0.39 is 16.1 Å². The Hall–Kier alpha value is -1.42. The van der Waals surface area contributed by atoms with Crippen molar-refractivity contribution in [3.63, 3.8) is 0 Å². The Balaban J connectivity index is 2.89. The number of urea groups is 1. The van der Waals surface area contributed by atoms with E-state index in [0.717, 1.165) is 0 Å². The number of primary amides is 1. The van der Waals surface area contributed by atoms with Gasteiger partial charge in [0.1, 0.15) is 9.88 Å². The molecule has 0 aliphatic heterocycles. The molecule has 1 rings (SSSR count). The minimum Gasteiger partial charge on any atom is -0.389 e. The first-order valence-electron chi connectivity index (χ1n) is 5.36. The number of rotatable bonds is 6. The lowest BCUT2D eigenvalue weighted by Crippen LogP contribution is -2.37. The summed E-state index contributed by atoms with van der Waals surface area (Å²) >= 11 is 10.6. The number of halogens is 1. The van der Waals surface area contributed by atoms with Crippen molar-refractivity contribution in [2.24, 2.45) is 11.5 Å². The maximum absolute atomic E-state index is 12.0. The van der Waals surface area contributed by atoms with Crippen LogP contribution in [-0.2, 0) is 10.0 Å². The molecule has 0 aromatic heterocycles. The van der Waals surface area contributed by atoms with E-state index in [2.05, 4.69) is 10.0 Å². The molecular weight excluding hydrogens is 324 g/mol. The lowest BCUT2D eigenvalue weighted by atomic mass is 10.2. The number of nitrogens with two attached hydrogens (primary N) is 2. The molecule has 10 heteroatoms. The zero-order valence-electron chi connectivity index (χ0n) is 10.2. The average Bonchev–Trinajstić information content (AvgIpc) is 2.34. The highest BCUT2D eigenvalue weighted by atomic mass is 35.5. The molecule has 110 valence electrons. The van der Waals surface area contributed by atoms with Crippen LogP contribution in [0.4, 0.5) is 4.79 Å². The van der Waals surface area contributed by atoms with Crippen molar-refractivity contribution < 1.29 is 13.2 Å². The van der Waals surface area contributed by atoms with E-state index in [9.17, 15) is 13.2 Å². The summed E-state index contributed by atoms with van der Waals surface area (Å²) in [5.74, 6) is 0. The fourth-order valence-electron chi connectivity index (χ4n) is 1.31. The van der Waals surface area contributed by atoms with E-state index in [-0.39, 0.29) is 28.0 Å². The first kappa shape index (κ1) is 16.6. The Labute approximate surface area is 126 Å². The third-order valence-electron chi connectivity index (χ3n) is 2.22. The number of benzene rings is 1. The van der Waals surface area contributed by atoms with Gasteiger partial charge in [0.05, 0.1) is 5.02 Å². The predicted octanol–water partition coefficient (Wildman–Crippen LogP) is -0.0792. The number of sulfonamides is 1. The van der Waals surface area contributed by atoms with Crippen LogP contribution in [0.1, 0.15) is 5.56 Å². The molecule has 0 aliphatic rings. The molecule has 0 radical (unpaired) electrons. The summed E-state index contributed by atoms with van der Waals surface area (Å²) in [4.78, 5) is 10.4. The molecule has 0 unspecified atom stereocenters. The van der Waals surface area contributed by atoms with Gasteiger partial charge in [-0.1, -0.05) is 29.9 Å². The summed E-state index contributed by atoms with van der Waals surface area (Å²) in [6.45, 7) is 0.0279. The van der Waals surface area contributed by atoms with E-state index in [0.29, 0.717) is 5.56 Å². The van der Waals surface area contributed by atoms with Gasteiger partial charge in [0.25, 0.3) is 0 Å². The molecular formula is C10H13ClN4O3S2. The van der Waals surface area contributed by atoms with Crippen molar-refractivity contribution in [2.75, 3.05) is 13.1 Å². The van der Waals surface area contributed by atoms with Crippen molar-refractivity contribution in [1.29, 1.82) is 0 Å². The van der Waals surface area contributed by atoms with E-state index in [1.54, 1.807) is 0 Å². The molecule has 0 bridgehead atoms. The van der Waals surface area contributed by atoms with Crippen LogP contribution in [0.25, 0.3) is 0 Å². The highest BCUT2D eigenvalue weighted by molar-refractivity contribution is 7.89. The van der Waals surface area contributed by atoms with Gasteiger partial charge in [0.2, 0.25) is 10.0 Å². The van der Waals surface area contributed by atoms with Crippen molar-refractivity contribution in [3.05, 3.63) is 28.8 Å². The summed E-state index contributed by atoms with van der Waals surface area (Å²) in [5, 5.41) is 2.29. The Kier molecular flexibility index (Phi) is 5.69. The monoisotopic (exact) mass is 336 g/mol. The largest absolute Gasteiger partial charge is 0.389 e.